The van der Waals surface area contributed by atoms with Crippen LogP contribution in [0.3, 0.4) is 0 Å². The highest BCUT2D eigenvalue weighted by atomic mass is 35.5. The second-order valence-corrected chi connectivity index (χ2v) is 7.47. The molecule has 2 aromatic heterocycles. The Kier molecular flexibility index (Phi) is 5.25. The lowest BCUT2D eigenvalue weighted by molar-refractivity contribution is -0.132. The Hall–Kier alpha value is -2.93. The predicted molar refractivity (Wildman–Crippen MR) is 107 cm³/mol. The number of halogens is 1. The fourth-order valence-electron chi connectivity index (χ4n) is 3.55. The molecule has 0 aliphatic carbocycles. The van der Waals surface area contributed by atoms with Crippen molar-refractivity contribution in [1.29, 1.82) is 0 Å². The number of anilines is 1. The molecule has 1 aromatic carbocycles. The van der Waals surface area contributed by atoms with Gasteiger partial charge in [0.15, 0.2) is 0 Å². The van der Waals surface area contributed by atoms with Crippen LogP contribution in [-0.2, 0) is 17.8 Å². The summed E-state index contributed by atoms with van der Waals surface area (Å²) in [5.74, 6) is 0.894. The molecule has 1 N–H and O–H groups in total. The third-order valence-corrected chi connectivity index (χ3v) is 5.25. The molecule has 8 heteroatoms. The summed E-state index contributed by atoms with van der Waals surface area (Å²) in [4.78, 5) is 23.5. The van der Waals surface area contributed by atoms with Crippen molar-refractivity contribution in [2.24, 2.45) is 5.41 Å². The molecule has 28 heavy (non-hydrogen) atoms. The minimum absolute atomic E-state index is 0.0555. The fraction of sp³-hybridized carbons (Fsp3) is 0.300. The minimum atomic E-state index is -0.497. The van der Waals surface area contributed by atoms with Crippen LogP contribution in [0.5, 0.6) is 0 Å². The van der Waals surface area contributed by atoms with Gasteiger partial charge >= 0.3 is 0 Å². The molecule has 1 fully saturated rings. The number of aromatic nitrogens is 4. The molecule has 1 saturated heterocycles. The molecule has 144 valence electrons. The van der Waals surface area contributed by atoms with Crippen LogP contribution in [0.1, 0.15) is 5.56 Å². The van der Waals surface area contributed by atoms with E-state index < -0.39 is 5.41 Å². The summed E-state index contributed by atoms with van der Waals surface area (Å²) in [6, 6.07) is 11.4. The van der Waals surface area contributed by atoms with Gasteiger partial charge < -0.3 is 10.2 Å². The number of amides is 1. The molecule has 3 heterocycles. The van der Waals surface area contributed by atoms with Gasteiger partial charge in [0.2, 0.25) is 5.91 Å². The number of carbonyl (C=O) groups is 1. The normalized spacial score (nSPS) is 15.1. The molecule has 1 aliphatic rings. The summed E-state index contributed by atoms with van der Waals surface area (Å²) in [5, 5.41) is 7.94. The van der Waals surface area contributed by atoms with Crippen LogP contribution in [0.25, 0.3) is 0 Å². The molecule has 0 unspecified atom stereocenters. The standard InChI is InChI=1S/C20H21ClN6O/c21-17-4-2-16(3-5-17)12-20(13-26(14-20)18-6-8-22-15-24-18)19(28)23-9-11-27-10-1-7-25-27/h1-8,10,15H,9,11-14H2,(H,23,28). The maximum absolute atomic E-state index is 13.1. The lowest BCUT2D eigenvalue weighted by Crippen LogP contribution is -2.65. The SMILES string of the molecule is O=C(NCCn1cccn1)C1(Cc2ccc(Cl)cc2)CN(c2ccncn2)C1. The van der Waals surface area contributed by atoms with Gasteiger partial charge in [-0.05, 0) is 36.2 Å². The van der Waals surface area contributed by atoms with Gasteiger partial charge in [-0.1, -0.05) is 23.7 Å². The number of carbonyl (C=O) groups excluding carboxylic acids is 1. The third kappa shape index (κ3) is 3.99. The first-order valence-electron chi connectivity index (χ1n) is 9.16. The van der Waals surface area contributed by atoms with Gasteiger partial charge in [0.25, 0.3) is 0 Å². The highest BCUT2D eigenvalue weighted by Crippen LogP contribution is 2.37. The fourth-order valence-corrected chi connectivity index (χ4v) is 3.68. The highest BCUT2D eigenvalue weighted by molar-refractivity contribution is 6.30. The zero-order valence-electron chi connectivity index (χ0n) is 15.3. The average Bonchev–Trinajstić information content (AvgIpc) is 3.20. The summed E-state index contributed by atoms with van der Waals surface area (Å²) >= 11 is 6.00. The molecular weight excluding hydrogens is 376 g/mol. The average molecular weight is 397 g/mol. The van der Waals surface area contributed by atoms with Crippen LogP contribution in [0.4, 0.5) is 5.82 Å². The van der Waals surface area contributed by atoms with E-state index in [9.17, 15) is 4.79 Å². The van der Waals surface area contributed by atoms with Crippen molar-refractivity contribution in [3.8, 4) is 0 Å². The molecule has 1 aliphatic heterocycles. The summed E-state index contributed by atoms with van der Waals surface area (Å²) in [6.45, 7) is 2.41. The number of nitrogens with zero attached hydrogens (tertiary/aromatic N) is 5. The van der Waals surface area contributed by atoms with Crippen molar-refractivity contribution in [2.75, 3.05) is 24.5 Å². The van der Waals surface area contributed by atoms with Crippen LogP contribution in [0, 0.1) is 5.41 Å². The first-order valence-corrected chi connectivity index (χ1v) is 9.54. The van der Waals surface area contributed by atoms with E-state index in [-0.39, 0.29) is 5.91 Å². The van der Waals surface area contributed by atoms with Crippen LogP contribution in [-0.4, -0.2) is 45.3 Å². The molecule has 0 saturated carbocycles. The molecule has 4 rings (SSSR count). The molecule has 1 amide bonds. The first-order chi connectivity index (χ1) is 13.6. The Balaban J connectivity index is 1.45. The van der Waals surface area contributed by atoms with E-state index in [0.717, 1.165) is 11.4 Å². The van der Waals surface area contributed by atoms with Crippen LogP contribution in [0.2, 0.25) is 5.02 Å². The van der Waals surface area contributed by atoms with E-state index in [4.69, 9.17) is 11.6 Å². The van der Waals surface area contributed by atoms with Crippen LogP contribution >= 0.6 is 11.6 Å². The summed E-state index contributed by atoms with van der Waals surface area (Å²) in [7, 11) is 0. The minimum Gasteiger partial charge on any atom is -0.354 e. The van der Waals surface area contributed by atoms with Gasteiger partial charge in [0.1, 0.15) is 12.1 Å². The largest absolute Gasteiger partial charge is 0.354 e. The topological polar surface area (TPSA) is 75.9 Å². The van der Waals surface area contributed by atoms with Crippen LogP contribution in [0.15, 0.2) is 61.3 Å². The van der Waals surface area contributed by atoms with Gasteiger partial charge in [-0.2, -0.15) is 5.10 Å². The van der Waals surface area contributed by atoms with E-state index in [2.05, 4.69) is 25.3 Å². The number of benzene rings is 1. The quantitative estimate of drug-likeness (QED) is 0.662. The molecule has 0 bridgehead atoms. The van der Waals surface area contributed by atoms with Gasteiger partial charge in [0, 0.05) is 43.2 Å². The lowest BCUT2D eigenvalue weighted by Gasteiger charge is -2.49. The van der Waals surface area contributed by atoms with Gasteiger partial charge in [-0.15, -0.1) is 0 Å². The maximum Gasteiger partial charge on any atom is 0.230 e. The Morgan fingerprint density at radius 3 is 2.68 bits per heavy atom. The summed E-state index contributed by atoms with van der Waals surface area (Å²) in [6.07, 6.45) is 7.51. The van der Waals surface area contributed by atoms with Gasteiger partial charge in [-0.3, -0.25) is 9.48 Å². The Morgan fingerprint density at radius 1 is 1.18 bits per heavy atom. The van der Waals surface area contributed by atoms with E-state index >= 15 is 0 Å². The molecule has 0 atom stereocenters. The van der Waals surface area contributed by atoms with Crippen molar-refractivity contribution < 1.29 is 4.79 Å². The number of hydrogen-bond acceptors (Lipinski definition) is 5. The smallest absolute Gasteiger partial charge is 0.230 e. The van der Waals surface area contributed by atoms with Gasteiger partial charge in [-0.25, -0.2) is 9.97 Å². The molecule has 0 spiro atoms. The predicted octanol–water partition coefficient (Wildman–Crippen LogP) is 2.19. The van der Waals surface area contributed by atoms with Crippen molar-refractivity contribution in [1.82, 2.24) is 25.1 Å². The van der Waals surface area contributed by atoms with Crippen molar-refractivity contribution in [2.45, 2.75) is 13.0 Å². The van der Waals surface area contributed by atoms with Gasteiger partial charge in [0.05, 0.1) is 12.0 Å². The second kappa shape index (κ2) is 7.98. The Labute approximate surface area is 168 Å². The molecular formula is C20H21ClN6O. The second-order valence-electron chi connectivity index (χ2n) is 7.03. The zero-order chi connectivity index (χ0) is 19.4. The van der Waals surface area contributed by atoms with Crippen LogP contribution < -0.4 is 10.2 Å². The number of nitrogens with one attached hydrogen (secondary N) is 1. The van der Waals surface area contributed by atoms with Crippen molar-refractivity contribution >= 4 is 23.3 Å². The zero-order valence-corrected chi connectivity index (χ0v) is 16.1. The van der Waals surface area contributed by atoms with E-state index in [0.29, 0.717) is 37.6 Å². The van der Waals surface area contributed by atoms with E-state index in [1.807, 2.05) is 42.6 Å². The third-order valence-electron chi connectivity index (χ3n) is 5.00. The number of rotatable bonds is 7. The van der Waals surface area contributed by atoms with Crippen molar-refractivity contribution in [3.63, 3.8) is 0 Å². The Bertz CT molecular complexity index is 908. The summed E-state index contributed by atoms with van der Waals surface area (Å²) < 4.78 is 1.81. The maximum atomic E-state index is 13.1. The molecule has 3 aromatic rings. The molecule has 7 nitrogen and oxygen atoms in total. The van der Waals surface area contributed by atoms with Crippen molar-refractivity contribution in [3.05, 3.63) is 71.9 Å². The lowest BCUT2D eigenvalue weighted by atomic mass is 9.73. The number of hydrogen-bond donors (Lipinski definition) is 1. The summed E-state index contributed by atoms with van der Waals surface area (Å²) in [5.41, 5.74) is 0.595. The van der Waals surface area contributed by atoms with E-state index in [1.54, 1.807) is 17.1 Å². The first kappa shape index (κ1) is 18.4. The Morgan fingerprint density at radius 2 is 2.00 bits per heavy atom. The molecule has 0 radical (unpaired) electrons. The highest BCUT2D eigenvalue weighted by Gasteiger charge is 2.49. The monoisotopic (exact) mass is 396 g/mol. The van der Waals surface area contributed by atoms with E-state index in [1.165, 1.54) is 6.33 Å².